The minimum absolute atomic E-state index is 0.0369. The summed E-state index contributed by atoms with van der Waals surface area (Å²) in [6.45, 7) is 1.93. The number of rotatable bonds is 10. The summed E-state index contributed by atoms with van der Waals surface area (Å²) < 4.78 is 14.6. The van der Waals surface area contributed by atoms with Gasteiger partial charge in [0, 0.05) is 27.4 Å². The van der Waals surface area contributed by atoms with E-state index >= 15 is 0 Å². The molecule has 1 unspecified atom stereocenters. The quantitative estimate of drug-likeness (QED) is 0.106. The van der Waals surface area contributed by atoms with E-state index in [0.29, 0.717) is 23.4 Å². The molecule has 6 nitrogen and oxygen atoms in total. The van der Waals surface area contributed by atoms with Crippen LogP contribution < -0.4 is 16.0 Å². The zero-order valence-electron chi connectivity index (χ0n) is 24.2. The number of halogens is 2. The summed E-state index contributed by atoms with van der Waals surface area (Å²) in [6, 6.07) is 33.3. The van der Waals surface area contributed by atoms with Crippen LogP contribution in [0.1, 0.15) is 29.3 Å². The van der Waals surface area contributed by atoms with Crippen molar-refractivity contribution in [1.82, 2.24) is 5.32 Å². The molecule has 3 N–H and O–H groups in total. The predicted molar refractivity (Wildman–Crippen MR) is 181 cm³/mol. The summed E-state index contributed by atoms with van der Waals surface area (Å²) in [5.74, 6) is -2.01. The number of nitrogens with one attached hydrogen (secondary N) is 3. The molecular weight excluding hydrogens is 609 g/mol. The van der Waals surface area contributed by atoms with Crippen molar-refractivity contribution in [3.05, 3.63) is 143 Å². The maximum atomic E-state index is 14.6. The highest BCUT2D eigenvalue weighted by Crippen LogP contribution is 2.29. The van der Waals surface area contributed by atoms with Crippen molar-refractivity contribution in [3.8, 4) is 0 Å². The van der Waals surface area contributed by atoms with E-state index in [1.54, 1.807) is 48.5 Å². The van der Waals surface area contributed by atoms with Gasteiger partial charge in [0.15, 0.2) is 0 Å². The average molecular weight is 638 g/mol. The number of carbonyl (C=O) groups is 3. The van der Waals surface area contributed by atoms with Crippen molar-refractivity contribution in [2.45, 2.75) is 23.5 Å². The van der Waals surface area contributed by atoms with Gasteiger partial charge < -0.3 is 16.0 Å². The van der Waals surface area contributed by atoms with Gasteiger partial charge in [0.25, 0.3) is 11.8 Å². The second kappa shape index (κ2) is 14.7. The molecule has 0 saturated heterocycles. The van der Waals surface area contributed by atoms with E-state index in [2.05, 4.69) is 16.0 Å². The van der Waals surface area contributed by atoms with E-state index in [9.17, 15) is 18.8 Å². The van der Waals surface area contributed by atoms with Crippen LogP contribution in [0.5, 0.6) is 0 Å². The number of amides is 3. The fourth-order valence-electron chi connectivity index (χ4n) is 4.56. The SMILES string of the molecule is CCC(Sc1cccc(NC(=O)/C(=C\c2c(F)cccc2Cl)NC(=O)c2ccccc2)c1)C(=O)Nc1ccc2ccccc2c1. The molecule has 0 aromatic heterocycles. The molecule has 5 rings (SSSR count). The number of thioether (sulfide) groups is 1. The van der Waals surface area contributed by atoms with Gasteiger partial charge in [0.1, 0.15) is 11.5 Å². The number of hydrogen-bond donors (Lipinski definition) is 3. The summed E-state index contributed by atoms with van der Waals surface area (Å²) >= 11 is 7.58. The van der Waals surface area contributed by atoms with E-state index in [-0.39, 0.29) is 22.2 Å². The van der Waals surface area contributed by atoms with Crippen LogP contribution in [0.15, 0.2) is 126 Å². The second-order valence-corrected chi connectivity index (χ2v) is 11.7. The number of hydrogen-bond acceptors (Lipinski definition) is 4. The lowest BCUT2D eigenvalue weighted by molar-refractivity contribution is -0.116. The normalized spacial score (nSPS) is 11.9. The number of anilines is 2. The van der Waals surface area contributed by atoms with Crippen LogP contribution >= 0.6 is 23.4 Å². The first kappa shape index (κ1) is 31.5. The fraction of sp³-hybridized carbons (Fsp3) is 0.0833. The molecule has 1 atom stereocenters. The highest BCUT2D eigenvalue weighted by Gasteiger charge is 2.20. The minimum Gasteiger partial charge on any atom is -0.325 e. The Morgan fingerprint density at radius 3 is 2.27 bits per heavy atom. The zero-order valence-corrected chi connectivity index (χ0v) is 25.8. The first-order valence-electron chi connectivity index (χ1n) is 14.2. The first-order valence-corrected chi connectivity index (χ1v) is 15.5. The molecule has 0 spiro atoms. The molecule has 0 bridgehead atoms. The Morgan fingerprint density at radius 2 is 1.51 bits per heavy atom. The molecule has 5 aromatic carbocycles. The summed E-state index contributed by atoms with van der Waals surface area (Å²) in [6.07, 6.45) is 1.78. The van der Waals surface area contributed by atoms with E-state index in [0.717, 1.165) is 15.7 Å². The lowest BCUT2D eigenvalue weighted by Crippen LogP contribution is -2.30. The third kappa shape index (κ3) is 8.17. The van der Waals surface area contributed by atoms with Gasteiger partial charge in [-0.3, -0.25) is 14.4 Å². The van der Waals surface area contributed by atoms with Crippen molar-refractivity contribution in [1.29, 1.82) is 0 Å². The molecule has 226 valence electrons. The Labute approximate surface area is 269 Å². The van der Waals surface area contributed by atoms with Crippen LogP contribution in [0.3, 0.4) is 0 Å². The van der Waals surface area contributed by atoms with E-state index in [4.69, 9.17) is 11.6 Å². The second-order valence-electron chi connectivity index (χ2n) is 10.1. The lowest BCUT2D eigenvalue weighted by atomic mass is 10.1. The highest BCUT2D eigenvalue weighted by atomic mass is 35.5. The van der Waals surface area contributed by atoms with Crippen molar-refractivity contribution in [3.63, 3.8) is 0 Å². The summed E-state index contributed by atoms with van der Waals surface area (Å²) in [7, 11) is 0. The third-order valence-corrected chi connectivity index (χ3v) is 8.56. The molecule has 9 heteroatoms. The number of benzene rings is 5. The first-order chi connectivity index (χ1) is 21.8. The van der Waals surface area contributed by atoms with Gasteiger partial charge in [-0.05, 0) is 77.9 Å². The molecular formula is C36H29ClFN3O3S. The van der Waals surface area contributed by atoms with Crippen LogP contribution in [0.2, 0.25) is 5.02 Å². The maximum Gasteiger partial charge on any atom is 0.272 e. The van der Waals surface area contributed by atoms with E-state index < -0.39 is 22.9 Å². The summed E-state index contributed by atoms with van der Waals surface area (Å²) in [5.41, 5.74) is 1.22. The average Bonchev–Trinajstić information content (AvgIpc) is 3.05. The molecule has 0 heterocycles. The predicted octanol–water partition coefficient (Wildman–Crippen LogP) is 8.55. The largest absolute Gasteiger partial charge is 0.325 e. The Bertz CT molecular complexity index is 1880. The minimum atomic E-state index is -0.679. The Balaban J connectivity index is 1.32. The van der Waals surface area contributed by atoms with Gasteiger partial charge in [-0.1, -0.05) is 79.2 Å². The molecule has 0 aliphatic heterocycles. The topological polar surface area (TPSA) is 87.3 Å². The van der Waals surface area contributed by atoms with Crippen molar-refractivity contribution >= 4 is 69.3 Å². The lowest BCUT2D eigenvalue weighted by Gasteiger charge is -2.16. The number of fused-ring (bicyclic) bond motifs is 1. The maximum absolute atomic E-state index is 14.6. The van der Waals surface area contributed by atoms with Gasteiger partial charge in [0.05, 0.1) is 10.3 Å². The van der Waals surface area contributed by atoms with E-state index in [1.807, 2.05) is 55.5 Å². The molecule has 0 fully saturated rings. The molecule has 45 heavy (non-hydrogen) atoms. The molecule has 5 aromatic rings. The Morgan fingerprint density at radius 1 is 0.800 bits per heavy atom. The summed E-state index contributed by atoms with van der Waals surface area (Å²) in [4.78, 5) is 40.4. The molecule has 0 aliphatic rings. The monoisotopic (exact) mass is 637 g/mol. The fourth-order valence-corrected chi connectivity index (χ4v) is 5.79. The van der Waals surface area contributed by atoms with Gasteiger partial charge >= 0.3 is 0 Å². The van der Waals surface area contributed by atoms with Crippen molar-refractivity contribution in [2.75, 3.05) is 10.6 Å². The van der Waals surface area contributed by atoms with Gasteiger partial charge in [0.2, 0.25) is 5.91 Å². The van der Waals surface area contributed by atoms with Gasteiger partial charge in [-0.25, -0.2) is 4.39 Å². The van der Waals surface area contributed by atoms with Crippen LogP contribution in [0, 0.1) is 5.82 Å². The van der Waals surface area contributed by atoms with Crippen molar-refractivity contribution < 1.29 is 18.8 Å². The number of carbonyl (C=O) groups excluding carboxylic acids is 3. The van der Waals surface area contributed by atoms with Crippen LogP contribution in [-0.4, -0.2) is 23.0 Å². The standard InChI is InChI=1S/C36H29ClFN3O3S/c1-2-33(36(44)40-27-19-18-23-10-6-7-13-25(23)20-27)45-28-15-8-14-26(21-28)39-35(43)32(22-29-30(37)16-9-17-31(29)38)41-34(42)24-11-4-3-5-12-24/h3-22,33H,2H2,1H3,(H,39,43)(H,40,44)(H,41,42)/b32-22+. The van der Waals surface area contributed by atoms with Gasteiger partial charge in [-0.15, -0.1) is 11.8 Å². The molecule has 0 aliphatic carbocycles. The van der Waals surface area contributed by atoms with Gasteiger partial charge in [-0.2, -0.15) is 0 Å². The van der Waals surface area contributed by atoms with Crippen LogP contribution in [0.4, 0.5) is 15.8 Å². The molecule has 0 radical (unpaired) electrons. The van der Waals surface area contributed by atoms with E-state index in [1.165, 1.54) is 36.0 Å². The Hall–Kier alpha value is -4.92. The smallest absolute Gasteiger partial charge is 0.272 e. The molecule has 0 saturated carbocycles. The summed E-state index contributed by atoms with van der Waals surface area (Å²) in [5, 5.41) is 10.2. The zero-order chi connectivity index (χ0) is 31.8. The Kier molecular flexibility index (Phi) is 10.3. The van der Waals surface area contributed by atoms with Crippen molar-refractivity contribution in [2.24, 2.45) is 0 Å². The molecule has 3 amide bonds. The van der Waals surface area contributed by atoms with Crippen LogP contribution in [0.25, 0.3) is 16.8 Å². The third-order valence-electron chi connectivity index (χ3n) is 6.87. The highest BCUT2D eigenvalue weighted by molar-refractivity contribution is 8.00. The van der Waals surface area contributed by atoms with Crippen LogP contribution in [-0.2, 0) is 9.59 Å².